The SMILES string of the molecule is CC(C)(C)OC(=O)N1CCC2(CCC(O)(c3ccc(Br)cc3)CC2)C1. The molecule has 4 nitrogen and oxygen atoms in total. The number of carbonyl (C=O) groups is 1. The largest absolute Gasteiger partial charge is 0.444 e. The second kappa shape index (κ2) is 6.58. The van der Waals surface area contributed by atoms with Crippen LogP contribution in [0.15, 0.2) is 28.7 Å². The number of benzene rings is 1. The van der Waals surface area contributed by atoms with Crippen molar-refractivity contribution in [2.24, 2.45) is 5.41 Å². The van der Waals surface area contributed by atoms with E-state index in [1.807, 2.05) is 49.9 Å². The summed E-state index contributed by atoms with van der Waals surface area (Å²) in [5, 5.41) is 11.1. The van der Waals surface area contributed by atoms with E-state index in [1.54, 1.807) is 0 Å². The third-order valence-corrected chi connectivity index (χ3v) is 6.14. The van der Waals surface area contributed by atoms with Gasteiger partial charge in [0.2, 0.25) is 0 Å². The first-order valence-corrected chi connectivity index (χ1v) is 9.87. The van der Waals surface area contributed by atoms with Gasteiger partial charge >= 0.3 is 6.09 Å². The number of hydrogen-bond acceptors (Lipinski definition) is 3. The second-order valence-corrected chi connectivity index (χ2v) is 9.61. The average molecular weight is 410 g/mol. The number of nitrogens with zero attached hydrogens (tertiary/aromatic N) is 1. The molecule has 1 heterocycles. The zero-order chi connectivity index (χ0) is 18.3. The van der Waals surface area contributed by atoms with E-state index < -0.39 is 11.2 Å². The topological polar surface area (TPSA) is 49.8 Å². The fourth-order valence-corrected chi connectivity index (χ4v) is 4.33. The van der Waals surface area contributed by atoms with Crippen LogP contribution >= 0.6 is 15.9 Å². The fraction of sp³-hybridized carbons (Fsp3) is 0.650. The summed E-state index contributed by atoms with van der Waals surface area (Å²) in [5.74, 6) is 0. The molecular formula is C20H28BrNO3. The zero-order valence-corrected chi connectivity index (χ0v) is 16.9. The van der Waals surface area contributed by atoms with Crippen LogP contribution in [0, 0.1) is 5.41 Å². The van der Waals surface area contributed by atoms with Crippen LogP contribution < -0.4 is 0 Å². The molecule has 1 aliphatic carbocycles. The lowest BCUT2D eigenvalue weighted by molar-refractivity contribution is -0.0373. The first-order valence-electron chi connectivity index (χ1n) is 9.07. The zero-order valence-electron chi connectivity index (χ0n) is 15.3. The van der Waals surface area contributed by atoms with Gasteiger partial charge in [0.05, 0.1) is 5.60 Å². The predicted octanol–water partition coefficient (Wildman–Crippen LogP) is 4.84. The van der Waals surface area contributed by atoms with Gasteiger partial charge in [0.15, 0.2) is 0 Å². The van der Waals surface area contributed by atoms with Gasteiger partial charge in [0, 0.05) is 17.6 Å². The van der Waals surface area contributed by atoms with Gasteiger partial charge in [-0.25, -0.2) is 4.79 Å². The van der Waals surface area contributed by atoms with E-state index in [0.717, 1.165) is 55.2 Å². The van der Waals surface area contributed by atoms with Crippen molar-refractivity contribution in [3.8, 4) is 0 Å². The number of amides is 1. The molecule has 0 aromatic heterocycles. The van der Waals surface area contributed by atoms with Gasteiger partial charge in [-0.2, -0.15) is 0 Å². The molecule has 0 unspecified atom stereocenters. The molecular weight excluding hydrogens is 382 g/mol. The molecule has 1 amide bonds. The summed E-state index contributed by atoms with van der Waals surface area (Å²) < 4.78 is 6.53. The minimum absolute atomic E-state index is 0.137. The van der Waals surface area contributed by atoms with Crippen LogP contribution in [0.5, 0.6) is 0 Å². The minimum Gasteiger partial charge on any atom is -0.444 e. The Kier molecular flexibility index (Phi) is 4.93. The van der Waals surface area contributed by atoms with Gasteiger partial charge in [-0.1, -0.05) is 28.1 Å². The minimum atomic E-state index is -0.745. The number of hydrogen-bond donors (Lipinski definition) is 1. The van der Waals surface area contributed by atoms with Gasteiger partial charge in [0.25, 0.3) is 0 Å². The van der Waals surface area contributed by atoms with Gasteiger partial charge < -0.3 is 14.7 Å². The predicted molar refractivity (Wildman–Crippen MR) is 101 cm³/mol. The highest BCUT2D eigenvalue weighted by atomic mass is 79.9. The van der Waals surface area contributed by atoms with E-state index in [1.165, 1.54) is 0 Å². The molecule has 1 aromatic carbocycles. The Balaban J connectivity index is 1.62. The summed E-state index contributed by atoms with van der Waals surface area (Å²) in [6, 6.07) is 7.97. The Bertz CT molecular complexity index is 627. The third kappa shape index (κ3) is 4.20. The number of ether oxygens (including phenoxy) is 1. The summed E-state index contributed by atoms with van der Waals surface area (Å²) >= 11 is 3.45. The Morgan fingerprint density at radius 1 is 1.12 bits per heavy atom. The van der Waals surface area contributed by atoms with Crippen molar-refractivity contribution in [2.75, 3.05) is 13.1 Å². The monoisotopic (exact) mass is 409 g/mol. The maximum Gasteiger partial charge on any atom is 0.410 e. The average Bonchev–Trinajstić information content (AvgIpc) is 2.94. The Labute approximate surface area is 158 Å². The Morgan fingerprint density at radius 2 is 1.72 bits per heavy atom. The van der Waals surface area contributed by atoms with Crippen molar-refractivity contribution < 1.29 is 14.6 Å². The highest BCUT2D eigenvalue weighted by molar-refractivity contribution is 9.10. The maximum absolute atomic E-state index is 12.3. The quantitative estimate of drug-likeness (QED) is 0.721. The lowest BCUT2D eigenvalue weighted by Gasteiger charge is -2.42. The first-order chi connectivity index (χ1) is 11.6. The van der Waals surface area contributed by atoms with Crippen molar-refractivity contribution in [1.82, 2.24) is 4.90 Å². The van der Waals surface area contributed by atoms with Gasteiger partial charge in [-0.05, 0) is 76.0 Å². The number of likely N-dealkylation sites (tertiary alicyclic amines) is 1. The molecule has 1 aromatic rings. The van der Waals surface area contributed by atoms with Crippen LogP contribution in [0.1, 0.15) is 58.4 Å². The number of carbonyl (C=O) groups excluding carboxylic acids is 1. The summed E-state index contributed by atoms with van der Waals surface area (Å²) in [7, 11) is 0. The smallest absolute Gasteiger partial charge is 0.410 e. The van der Waals surface area contributed by atoms with Gasteiger partial charge in [0.1, 0.15) is 5.60 Å². The molecule has 1 N–H and O–H groups in total. The van der Waals surface area contributed by atoms with E-state index in [9.17, 15) is 9.90 Å². The van der Waals surface area contributed by atoms with Gasteiger partial charge in [-0.15, -0.1) is 0 Å². The molecule has 138 valence electrons. The number of rotatable bonds is 1. The summed E-state index contributed by atoms with van der Waals surface area (Å²) in [4.78, 5) is 14.2. The lowest BCUT2D eigenvalue weighted by atomic mass is 9.66. The third-order valence-electron chi connectivity index (χ3n) is 5.61. The summed E-state index contributed by atoms with van der Waals surface area (Å²) in [6.07, 6.45) is 4.17. The highest BCUT2D eigenvalue weighted by Crippen LogP contribution is 2.50. The van der Waals surface area contributed by atoms with Crippen LogP contribution in [-0.2, 0) is 10.3 Å². The van der Waals surface area contributed by atoms with Crippen molar-refractivity contribution in [3.05, 3.63) is 34.3 Å². The van der Waals surface area contributed by atoms with Crippen LogP contribution in [0.3, 0.4) is 0 Å². The highest BCUT2D eigenvalue weighted by Gasteiger charge is 2.47. The van der Waals surface area contributed by atoms with E-state index in [2.05, 4.69) is 15.9 Å². The van der Waals surface area contributed by atoms with E-state index in [-0.39, 0.29) is 11.5 Å². The summed E-state index contributed by atoms with van der Waals surface area (Å²) in [6.45, 7) is 7.20. The second-order valence-electron chi connectivity index (χ2n) is 8.69. The normalized spacial score (nSPS) is 29.9. The molecule has 0 atom stereocenters. The van der Waals surface area contributed by atoms with Crippen molar-refractivity contribution in [3.63, 3.8) is 0 Å². The van der Waals surface area contributed by atoms with Gasteiger partial charge in [-0.3, -0.25) is 0 Å². The van der Waals surface area contributed by atoms with Crippen molar-refractivity contribution in [1.29, 1.82) is 0 Å². The van der Waals surface area contributed by atoms with Crippen molar-refractivity contribution >= 4 is 22.0 Å². The standard InChI is InChI=1S/C20H28BrNO3/c1-18(2,3)25-17(23)22-13-12-19(14-22)8-10-20(24,11-9-19)15-4-6-16(21)7-5-15/h4-7,24H,8-14H2,1-3H3. The molecule has 0 bridgehead atoms. The molecule has 2 aliphatic rings. The van der Waals surface area contributed by atoms with Crippen LogP contribution in [0.2, 0.25) is 0 Å². The molecule has 5 heteroatoms. The molecule has 25 heavy (non-hydrogen) atoms. The number of aliphatic hydroxyl groups is 1. The van der Waals surface area contributed by atoms with E-state index in [4.69, 9.17) is 4.74 Å². The van der Waals surface area contributed by atoms with Crippen LogP contribution in [0.4, 0.5) is 4.79 Å². The molecule has 1 aliphatic heterocycles. The Morgan fingerprint density at radius 3 is 2.28 bits per heavy atom. The molecule has 1 saturated heterocycles. The molecule has 3 rings (SSSR count). The molecule has 1 saturated carbocycles. The molecule has 1 spiro atoms. The summed E-state index contributed by atoms with van der Waals surface area (Å²) in [5.41, 5.74) is -0.0714. The number of halogens is 1. The fourth-order valence-electron chi connectivity index (χ4n) is 4.07. The maximum atomic E-state index is 12.3. The Hall–Kier alpha value is -1.07. The molecule has 2 fully saturated rings. The van der Waals surface area contributed by atoms with Crippen LogP contribution in [0.25, 0.3) is 0 Å². The van der Waals surface area contributed by atoms with Crippen LogP contribution in [-0.4, -0.2) is 34.8 Å². The van der Waals surface area contributed by atoms with Crippen molar-refractivity contribution in [2.45, 2.75) is 64.1 Å². The van der Waals surface area contributed by atoms with E-state index in [0.29, 0.717) is 0 Å². The molecule has 0 radical (unpaired) electrons. The van der Waals surface area contributed by atoms with E-state index >= 15 is 0 Å². The lowest BCUT2D eigenvalue weighted by Crippen LogP contribution is -2.40. The first kappa shape index (κ1) is 18.7.